The summed E-state index contributed by atoms with van der Waals surface area (Å²) in [6.07, 6.45) is 4.10. The lowest BCUT2D eigenvalue weighted by atomic mass is 9.71. The highest BCUT2D eigenvalue weighted by Crippen LogP contribution is 2.42. The molecule has 1 amide bonds. The van der Waals surface area contributed by atoms with Gasteiger partial charge in [-0.25, -0.2) is 14.8 Å². The standard InChI is InChI=1S/C34H35N3O3/c1-32(2,3)40-31(38)37-34(18-9-19-34)25-14-12-24(13-15-25)30-26(23-10-7-6-8-11-23)22-27-28(16-20-33(4,5)39)35-21-17-29(27)36-30/h6-8,10-15,17,21-22,39H,9,18-19H2,1-5H3,(H,37,38). The summed E-state index contributed by atoms with van der Waals surface area (Å²) in [4.78, 5) is 22.2. The maximum absolute atomic E-state index is 12.6. The molecule has 204 valence electrons. The van der Waals surface area contributed by atoms with Crippen LogP contribution in [-0.2, 0) is 10.3 Å². The molecule has 0 atom stereocenters. The molecule has 2 aromatic heterocycles. The summed E-state index contributed by atoms with van der Waals surface area (Å²) in [6, 6.07) is 22.4. The average Bonchev–Trinajstić information content (AvgIpc) is 2.88. The first kappa shape index (κ1) is 27.4. The van der Waals surface area contributed by atoms with Crippen LogP contribution in [0.3, 0.4) is 0 Å². The van der Waals surface area contributed by atoms with Crippen LogP contribution in [0.25, 0.3) is 33.3 Å². The van der Waals surface area contributed by atoms with E-state index in [0.29, 0.717) is 5.69 Å². The van der Waals surface area contributed by atoms with Crippen molar-refractivity contribution in [2.24, 2.45) is 0 Å². The van der Waals surface area contributed by atoms with E-state index in [1.54, 1.807) is 20.0 Å². The van der Waals surface area contributed by atoms with Gasteiger partial charge in [0.2, 0.25) is 0 Å². The first-order valence-corrected chi connectivity index (χ1v) is 13.7. The van der Waals surface area contributed by atoms with E-state index in [9.17, 15) is 9.90 Å². The second-order valence-electron chi connectivity index (χ2n) is 11.9. The Kier molecular flexibility index (Phi) is 7.12. The summed E-state index contributed by atoms with van der Waals surface area (Å²) >= 11 is 0. The molecule has 0 radical (unpaired) electrons. The monoisotopic (exact) mass is 533 g/mol. The van der Waals surface area contributed by atoms with Crippen LogP contribution in [-0.4, -0.2) is 32.4 Å². The third-order valence-electron chi connectivity index (χ3n) is 6.97. The van der Waals surface area contributed by atoms with Gasteiger partial charge in [0.25, 0.3) is 0 Å². The van der Waals surface area contributed by atoms with Gasteiger partial charge in [0.1, 0.15) is 16.9 Å². The lowest BCUT2D eigenvalue weighted by Gasteiger charge is -2.43. The van der Waals surface area contributed by atoms with E-state index in [0.717, 1.165) is 58.1 Å². The number of benzene rings is 2. The Morgan fingerprint density at radius 2 is 1.68 bits per heavy atom. The Labute approximate surface area is 235 Å². The average molecular weight is 534 g/mol. The Bertz CT molecular complexity index is 1600. The van der Waals surface area contributed by atoms with E-state index < -0.39 is 22.8 Å². The highest BCUT2D eigenvalue weighted by atomic mass is 16.6. The van der Waals surface area contributed by atoms with Crippen LogP contribution in [0.4, 0.5) is 4.79 Å². The van der Waals surface area contributed by atoms with Gasteiger partial charge in [0.15, 0.2) is 0 Å². The number of ether oxygens (including phenoxy) is 1. The summed E-state index contributed by atoms with van der Waals surface area (Å²) < 4.78 is 5.55. The van der Waals surface area contributed by atoms with Gasteiger partial charge < -0.3 is 15.2 Å². The van der Waals surface area contributed by atoms with E-state index in [4.69, 9.17) is 9.72 Å². The molecule has 40 heavy (non-hydrogen) atoms. The molecule has 4 aromatic rings. The van der Waals surface area contributed by atoms with Crippen molar-refractivity contribution in [1.29, 1.82) is 0 Å². The molecule has 0 saturated heterocycles. The van der Waals surface area contributed by atoms with Crippen molar-refractivity contribution in [3.8, 4) is 34.2 Å². The van der Waals surface area contributed by atoms with Crippen molar-refractivity contribution in [2.75, 3.05) is 0 Å². The van der Waals surface area contributed by atoms with Gasteiger partial charge in [-0.3, -0.25) is 0 Å². The minimum atomic E-state index is -1.13. The van der Waals surface area contributed by atoms with Crippen LogP contribution in [0.2, 0.25) is 0 Å². The molecular weight excluding hydrogens is 498 g/mol. The number of carbonyl (C=O) groups is 1. The summed E-state index contributed by atoms with van der Waals surface area (Å²) in [5, 5.41) is 14.1. The number of aliphatic hydroxyl groups is 1. The molecule has 2 N–H and O–H groups in total. The summed E-state index contributed by atoms with van der Waals surface area (Å²) in [5.74, 6) is 5.91. The number of nitrogens with zero attached hydrogens (tertiary/aromatic N) is 2. The van der Waals surface area contributed by atoms with E-state index in [1.165, 1.54) is 0 Å². The third kappa shape index (κ3) is 6.00. The fraction of sp³-hybridized carbons (Fsp3) is 0.324. The Balaban J connectivity index is 1.56. The highest BCUT2D eigenvalue weighted by molar-refractivity contribution is 5.93. The Morgan fingerprint density at radius 3 is 2.27 bits per heavy atom. The number of alkyl carbamates (subject to hydrolysis) is 1. The normalized spacial score (nSPS) is 14.6. The predicted molar refractivity (Wildman–Crippen MR) is 158 cm³/mol. The molecule has 1 saturated carbocycles. The zero-order chi connectivity index (χ0) is 28.5. The topological polar surface area (TPSA) is 84.3 Å². The highest BCUT2D eigenvalue weighted by Gasteiger charge is 2.41. The van der Waals surface area contributed by atoms with Crippen LogP contribution < -0.4 is 5.32 Å². The minimum absolute atomic E-state index is 0.393. The number of fused-ring (bicyclic) bond motifs is 1. The molecule has 1 aliphatic carbocycles. The van der Waals surface area contributed by atoms with Crippen molar-refractivity contribution in [1.82, 2.24) is 15.3 Å². The minimum Gasteiger partial charge on any atom is -0.444 e. The van der Waals surface area contributed by atoms with Gasteiger partial charge in [-0.1, -0.05) is 60.5 Å². The predicted octanol–water partition coefficient (Wildman–Crippen LogP) is 6.99. The van der Waals surface area contributed by atoms with Crippen LogP contribution in [0.15, 0.2) is 72.9 Å². The number of rotatable bonds is 4. The zero-order valence-electron chi connectivity index (χ0n) is 23.7. The number of hydrogen-bond acceptors (Lipinski definition) is 5. The molecule has 0 spiro atoms. The smallest absolute Gasteiger partial charge is 0.408 e. The molecule has 0 aliphatic heterocycles. The van der Waals surface area contributed by atoms with Gasteiger partial charge in [0.05, 0.1) is 16.7 Å². The van der Waals surface area contributed by atoms with Crippen LogP contribution >= 0.6 is 0 Å². The van der Waals surface area contributed by atoms with Crippen LogP contribution in [0, 0.1) is 11.8 Å². The fourth-order valence-electron chi connectivity index (χ4n) is 4.93. The molecule has 2 heterocycles. The second kappa shape index (κ2) is 10.4. The molecule has 0 unspecified atom stereocenters. The number of aromatic nitrogens is 2. The van der Waals surface area contributed by atoms with Gasteiger partial charge in [-0.2, -0.15) is 0 Å². The molecular formula is C34H35N3O3. The maximum atomic E-state index is 12.6. The van der Waals surface area contributed by atoms with Gasteiger partial charge >= 0.3 is 6.09 Å². The molecule has 0 bridgehead atoms. The number of nitrogens with one attached hydrogen (secondary N) is 1. The van der Waals surface area contributed by atoms with E-state index in [-0.39, 0.29) is 0 Å². The molecule has 6 heteroatoms. The quantitative estimate of drug-likeness (QED) is 0.276. The SMILES string of the molecule is CC(C)(O)C#Cc1nccc2nc(-c3ccc(C4(NC(=O)OC(C)(C)C)CCC4)cc3)c(-c3ccccc3)cc12. The Morgan fingerprint density at radius 1 is 0.975 bits per heavy atom. The first-order chi connectivity index (χ1) is 18.9. The Hall–Kier alpha value is -4.21. The second-order valence-corrected chi connectivity index (χ2v) is 11.9. The number of carbonyl (C=O) groups excluding carboxylic acids is 1. The summed E-state index contributed by atoms with van der Waals surface area (Å²) in [5.41, 5.74) is 4.12. The van der Waals surface area contributed by atoms with Crippen molar-refractivity contribution in [3.05, 3.63) is 84.2 Å². The van der Waals surface area contributed by atoms with E-state index >= 15 is 0 Å². The lowest BCUT2D eigenvalue weighted by Crippen LogP contribution is -2.52. The van der Waals surface area contributed by atoms with Crippen molar-refractivity contribution >= 4 is 17.0 Å². The number of amides is 1. The van der Waals surface area contributed by atoms with E-state index in [2.05, 4.69) is 64.6 Å². The molecule has 5 rings (SSSR count). The maximum Gasteiger partial charge on any atom is 0.408 e. The van der Waals surface area contributed by atoms with Gasteiger partial charge in [0, 0.05) is 22.7 Å². The third-order valence-corrected chi connectivity index (χ3v) is 6.97. The summed E-state index contributed by atoms with van der Waals surface area (Å²) in [7, 11) is 0. The summed E-state index contributed by atoms with van der Waals surface area (Å²) in [6.45, 7) is 8.91. The number of pyridine rings is 2. The van der Waals surface area contributed by atoms with Crippen molar-refractivity contribution in [3.63, 3.8) is 0 Å². The fourth-order valence-corrected chi connectivity index (χ4v) is 4.93. The van der Waals surface area contributed by atoms with Gasteiger partial charge in [-0.05, 0) is 83.1 Å². The molecule has 1 aliphatic rings. The van der Waals surface area contributed by atoms with E-state index in [1.807, 2.05) is 45.0 Å². The van der Waals surface area contributed by atoms with Crippen LogP contribution in [0.5, 0.6) is 0 Å². The van der Waals surface area contributed by atoms with Crippen molar-refractivity contribution in [2.45, 2.75) is 70.6 Å². The molecule has 6 nitrogen and oxygen atoms in total. The van der Waals surface area contributed by atoms with Crippen LogP contribution in [0.1, 0.15) is 65.1 Å². The molecule has 1 fully saturated rings. The zero-order valence-corrected chi connectivity index (χ0v) is 23.7. The largest absolute Gasteiger partial charge is 0.444 e. The first-order valence-electron chi connectivity index (χ1n) is 13.7. The number of hydrogen-bond donors (Lipinski definition) is 2. The lowest BCUT2D eigenvalue weighted by molar-refractivity contribution is 0.0377. The van der Waals surface area contributed by atoms with Gasteiger partial charge in [-0.15, -0.1) is 0 Å². The molecule has 2 aromatic carbocycles. The van der Waals surface area contributed by atoms with Crippen molar-refractivity contribution < 1.29 is 14.6 Å².